The summed E-state index contributed by atoms with van der Waals surface area (Å²) in [6, 6.07) is 106. The maximum Gasteiger partial charge on any atom is 0.140 e. The Labute approximate surface area is 587 Å². The Bertz CT molecular complexity index is 6140. The Morgan fingerprint density at radius 1 is 0.310 bits per heavy atom. The normalized spacial score (nSPS) is 19.8. The van der Waals surface area contributed by atoms with Crippen molar-refractivity contribution < 1.29 is 4.42 Å². The van der Waals surface area contributed by atoms with Gasteiger partial charge in [0.25, 0.3) is 0 Å². The van der Waals surface area contributed by atoms with Gasteiger partial charge in [-0.25, -0.2) is 0 Å². The molecule has 3 nitrogen and oxygen atoms in total. The van der Waals surface area contributed by atoms with Crippen LogP contribution in [0.15, 0.2) is 283 Å². The molecule has 16 aromatic rings. The van der Waals surface area contributed by atoms with E-state index < -0.39 is 0 Å². The average Bonchev–Trinajstić information content (AvgIpc) is 1.48. The molecule has 23 rings (SSSR count). The van der Waals surface area contributed by atoms with Crippen molar-refractivity contribution in [2.45, 2.75) is 76.0 Å². The highest BCUT2D eigenvalue weighted by molar-refractivity contribution is 7.25. The van der Waals surface area contributed by atoms with E-state index >= 15 is 0 Å². The first-order valence-electron chi connectivity index (χ1n) is 36.3. The quantitative estimate of drug-likeness (QED) is 0.151. The predicted octanol–water partition coefficient (Wildman–Crippen LogP) is 26.9. The number of hydrogen-bond acceptors (Lipinski definition) is 4. The van der Waals surface area contributed by atoms with E-state index in [9.17, 15) is 0 Å². The lowest BCUT2D eigenvalue weighted by atomic mass is 9.43. The van der Waals surface area contributed by atoms with E-state index in [1.807, 2.05) is 11.3 Å². The van der Waals surface area contributed by atoms with Gasteiger partial charge in [-0.15, -0.1) is 11.3 Å². The van der Waals surface area contributed by atoms with Crippen molar-refractivity contribution in [3.8, 4) is 55.6 Å². The molecule has 4 bridgehead atoms. The predicted molar refractivity (Wildman–Crippen MR) is 420 cm³/mol. The SMILES string of the molecule is CC1(C)c2cc(N(c3ccc(-c4ccccc4)cc3)c3ccc4c(c3)oc3c5c(ccc34)-c3cc4sc6cc(N(c7ccc(-c8ccccc8)cc7)c7ccc8c(c7)C(C)(C)c7cc9ccccc9cc7-8)ccc6c4cc3C53C4CC5CC(C4)CC3C5)ccc2-c2cc3ccccc3cc21. The smallest absolute Gasteiger partial charge is 0.140 e. The second kappa shape index (κ2) is 20.7. The molecular weight excluding hydrogens is 1230 g/mol. The Balaban J connectivity index is 0.683. The van der Waals surface area contributed by atoms with Crippen LogP contribution in [0.4, 0.5) is 34.1 Å². The highest BCUT2D eigenvalue weighted by atomic mass is 32.1. The van der Waals surface area contributed by atoms with Gasteiger partial charge >= 0.3 is 0 Å². The summed E-state index contributed by atoms with van der Waals surface area (Å²) in [5.41, 5.74) is 29.8. The minimum absolute atomic E-state index is 0.139. The molecule has 7 aliphatic carbocycles. The zero-order valence-corrected chi connectivity index (χ0v) is 57.4. The third-order valence-electron chi connectivity index (χ3n) is 25.3. The molecule has 7 aliphatic rings. The number of benzene rings is 14. The summed E-state index contributed by atoms with van der Waals surface area (Å²) in [7, 11) is 0. The van der Waals surface area contributed by atoms with Gasteiger partial charge in [0.05, 0.1) is 0 Å². The number of rotatable bonds is 8. The number of hydrogen-bond donors (Lipinski definition) is 0. The minimum atomic E-state index is -0.195. The summed E-state index contributed by atoms with van der Waals surface area (Å²) in [6.45, 7) is 9.63. The summed E-state index contributed by atoms with van der Waals surface area (Å²) in [5, 5.41) is 10.3. The summed E-state index contributed by atoms with van der Waals surface area (Å²) in [6.07, 6.45) is 6.57. The molecular formula is C96H72N2OS. The molecule has 0 saturated heterocycles. The molecule has 100 heavy (non-hydrogen) atoms. The molecule has 0 aliphatic heterocycles. The van der Waals surface area contributed by atoms with Crippen LogP contribution in [0, 0.1) is 23.7 Å². The first-order valence-corrected chi connectivity index (χ1v) is 37.1. The topological polar surface area (TPSA) is 19.6 Å². The summed E-state index contributed by atoms with van der Waals surface area (Å²) >= 11 is 1.96. The number of thiophene rings is 1. The van der Waals surface area contributed by atoms with Crippen molar-refractivity contribution in [3.05, 3.63) is 312 Å². The lowest BCUT2D eigenvalue weighted by Crippen LogP contribution is -2.55. The minimum Gasteiger partial charge on any atom is -0.456 e. The summed E-state index contributed by atoms with van der Waals surface area (Å²) in [4.78, 5) is 4.97. The van der Waals surface area contributed by atoms with Crippen molar-refractivity contribution in [1.82, 2.24) is 0 Å². The van der Waals surface area contributed by atoms with Crippen LogP contribution >= 0.6 is 11.3 Å². The van der Waals surface area contributed by atoms with E-state index in [-0.39, 0.29) is 16.2 Å². The number of anilines is 6. The Kier molecular flexibility index (Phi) is 11.8. The van der Waals surface area contributed by atoms with Gasteiger partial charge in [0.15, 0.2) is 0 Å². The van der Waals surface area contributed by atoms with E-state index in [2.05, 4.69) is 317 Å². The molecule has 4 heteroatoms. The third-order valence-corrected chi connectivity index (χ3v) is 26.5. The lowest BCUT2D eigenvalue weighted by Gasteiger charge is -2.61. The molecule has 14 aromatic carbocycles. The van der Waals surface area contributed by atoms with Crippen LogP contribution in [0.2, 0.25) is 0 Å². The first-order chi connectivity index (χ1) is 49.0. The largest absolute Gasteiger partial charge is 0.456 e. The summed E-state index contributed by atoms with van der Waals surface area (Å²) in [5.74, 6) is 2.72. The molecule has 478 valence electrons. The fraction of sp³-hybridized carbons (Fsp3) is 0.167. The van der Waals surface area contributed by atoms with Gasteiger partial charge in [0.1, 0.15) is 11.2 Å². The Morgan fingerprint density at radius 3 is 1.26 bits per heavy atom. The molecule has 2 aromatic heterocycles. The Hall–Kier alpha value is -10.8. The maximum absolute atomic E-state index is 7.71. The van der Waals surface area contributed by atoms with E-state index in [0.717, 1.165) is 51.4 Å². The maximum atomic E-state index is 7.71. The van der Waals surface area contributed by atoms with Gasteiger partial charge in [-0.1, -0.05) is 185 Å². The monoisotopic (exact) mass is 1300 g/mol. The lowest BCUT2D eigenvalue weighted by molar-refractivity contribution is -0.0396. The van der Waals surface area contributed by atoms with Gasteiger partial charge in [-0.3, -0.25) is 0 Å². The fourth-order valence-corrected chi connectivity index (χ4v) is 22.0. The molecule has 1 spiro atoms. The second-order valence-electron chi connectivity index (χ2n) is 31.2. The van der Waals surface area contributed by atoms with Gasteiger partial charge in [-0.05, 0) is 276 Å². The standard InChI is InChI=1S/C96H72N2OS/c1-94(2)84-48-64-21-13-11-19-62(64)46-80(84)74-35-31-70(50-86(74)94)97(68-27-23-60(24-28-68)58-15-7-5-8-16-58)72-33-37-76-79-40-39-78-82-55-91-83(54-88(82)96(92(78)93(79)99-89(76)52-72)66-42-56-41-57(44-66)45-67(96)43-56)77-38-34-73(53-90(77)100-91)98(69-29-25-61(26-30-69)59-17-9-6-10-18-59)71-32-36-75-81-47-63-20-12-14-22-65(63)49-85(81)95(3,4)87(75)51-71/h5-40,46-57,66-67H,41-45H2,1-4H3. The zero-order chi connectivity index (χ0) is 66.1. The third kappa shape index (κ3) is 8.03. The van der Waals surface area contributed by atoms with Gasteiger partial charge in [0, 0.05) is 92.9 Å². The van der Waals surface area contributed by atoms with Crippen LogP contribution in [0.25, 0.3) is 119 Å². The van der Waals surface area contributed by atoms with Gasteiger partial charge in [-0.2, -0.15) is 0 Å². The van der Waals surface area contributed by atoms with Crippen LogP contribution in [0.1, 0.15) is 93.2 Å². The van der Waals surface area contributed by atoms with Crippen molar-refractivity contribution >= 4 is 109 Å². The molecule has 0 unspecified atom stereocenters. The van der Waals surface area contributed by atoms with Crippen LogP contribution in [-0.2, 0) is 16.2 Å². The van der Waals surface area contributed by atoms with Crippen LogP contribution in [0.3, 0.4) is 0 Å². The van der Waals surface area contributed by atoms with E-state index in [0.29, 0.717) is 11.8 Å². The fourth-order valence-electron chi connectivity index (χ4n) is 20.9. The highest BCUT2D eigenvalue weighted by Gasteiger charge is 2.63. The molecule has 4 saturated carbocycles. The van der Waals surface area contributed by atoms with Crippen molar-refractivity contribution in [2.24, 2.45) is 23.7 Å². The van der Waals surface area contributed by atoms with Crippen LogP contribution in [-0.4, -0.2) is 0 Å². The number of fused-ring (bicyclic) bond motifs is 18. The summed E-state index contributed by atoms with van der Waals surface area (Å²) < 4.78 is 10.4. The zero-order valence-electron chi connectivity index (χ0n) is 56.6. The molecule has 0 amide bonds. The molecule has 0 N–H and O–H groups in total. The number of nitrogens with zero attached hydrogens (tertiary/aromatic N) is 2. The average molecular weight is 1300 g/mol. The van der Waals surface area contributed by atoms with Gasteiger partial charge in [0.2, 0.25) is 0 Å². The van der Waals surface area contributed by atoms with Crippen molar-refractivity contribution in [3.63, 3.8) is 0 Å². The highest BCUT2D eigenvalue weighted by Crippen LogP contribution is 2.71. The number of furan rings is 1. The first kappa shape index (κ1) is 57.2. The van der Waals surface area contributed by atoms with E-state index in [4.69, 9.17) is 4.42 Å². The molecule has 2 heterocycles. The van der Waals surface area contributed by atoms with Crippen LogP contribution < -0.4 is 9.80 Å². The van der Waals surface area contributed by atoms with E-state index in [1.54, 1.807) is 5.56 Å². The molecule has 0 atom stereocenters. The molecule has 0 radical (unpaired) electrons. The van der Waals surface area contributed by atoms with Crippen molar-refractivity contribution in [1.29, 1.82) is 0 Å². The molecule has 4 fully saturated rings. The van der Waals surface area contributed by atoms with Crippen molar-refractivity contribution in [2.75, 3.05) is 9.80 Å². The van der Waals surface area contributed by atoms with E-state index in [1.165, 1.54) is 174 Å². The second-order valence-corrected chi connectivity index (χ2v) is 32.3. The Morgan fingerprint density at radius 2 is 0.720 bits per heavy atom. The van der Waals surface area contributed by atoms with Gasteiger partial charge < -0.3 is 14.2 Å². The van der Waals surface area contributed by atoms with Crippen LogP contribution in [0.5, 0.6) is 0 Å².